The Morgan fingerprint density at radius 3 is 2.61 bits per heavy atom. The SMILES string of the molecule is COc1cccc(Cc2nsc(N(CCC(=O)NC3CCN(Cc4ccccc4)CC3)C(C)C)n2)c1. The number of carbonyl (C=O) groups is 1. The second kappa shape index (κ2) is 12.8. The minimum Gasteiger partial charge on any atom is -0.497 e. The van der Waals surface area contributed by atoms with Crippen LogP contribution in [0.2, 0.25) is 0 Å². The molecule has 1 aliphatic rings. The molecule has 36 heavy (non-hydrogen) atoms. The normalized spacial score (nSPS) is 14.7. The van der Waals surface area contributed by atoms with Gasteiger partial charge in [0.1, 0.15) is 11.6 Å². The number of aromatic nitrogens is 2. The summed E-state index contributed by atoms with van der Waals surface area (Å²) in [6, 6.07) is 19.1. The summed E-state index contributed by atoms with van der Waals surface area (Å²) < 4.78 is 9.89. The zero-order valence-corrected chi connectivity index (χ0v) is 22.3. The van der Waals surface area contributed by atoms with E-state index >= 15 is 0 Å². The van der Waals surface area contributed by atoms with E-state index in [9.17, 15) is 4.79 Å². The van der Waals surface area contributed by atoms with Crippen LogP contribution in [-0.2, 0) is 17.8 Å². The van der Waals surface area contributed by atoms with Crippen LogP contribution in [0.1, 0.15) is 50.1 Å². The first kappa shape index (κ1) is 26.1. The van der Waals surface area contributed by atoms with Gasteiger partial charge in [-0.05, 0) is 49.9 Å². The molecule has 2 heterocycles. The Morgan fingerprint density at radius 1 is 1.14 bits per heavy atom. The molecular weight excluding hydrogens is 470 g/mol. The molecule has 7 nitrogen and oxygen atoms in total. The maximum absolute atomic E-state index is 12.8. The quantitative estimate of drug-likeness (QED) is 0.411. The molecule has 0 unspecified atom stereocenters. The van der Waals surface area contributed by atoms with Crippen molar-refractivity contribution in [1.29, 1.82) is 0 Å². The Morgan fingerprint density at radius 2 is 1.89 bits per heavy atom. The number of carbonyl (C=O) groups excluding carboxylic acids is 1. The minimum absolute atomic E-state index is 0.114. The van der Waals surface area contributed by atoms with Crippen molar-refractivity contribution in [2.24, 2.45) is 0 Å². The van der Waals surface area contributed by atoms with E-state index in [1.807, 2.05) is 18.2 Å². The van der Waals surface area contributed by atoms with E-state index in [-0.39, 0.29) is 18.0 Å². The predicted octanol–water partition coefficient (Wildman–Crippen LogP) is 4.52. The summed E-state index contributed by atoms with van der Waals surface area (Å²) in [5.41, 5.74) is 2.46. The lowest BCUT2D eigenvalue weighted by Crippen LogP contribution is -2.45. The second-order valence-electron chi connectivity index (χ2n) is 9.66. The Kier molecular flexibility index (Phi) is 9.30. The van der Waals surface area contributed by atoms with Gasteiger partial charge in [-0.1, -0.05) is 42.5 Å². The highest BCUT2D eigenvalue weighted by molar-refractivity contribution is 7.09. The fourth-order valence-corrected chi connectivity index (χ4v) is 5.42. The van der Waals surface area contributed by atoms with Crippen LogP contribution in [0.5, 0.6) is 5.75 Å². The van der Waals surface area contributed by atoms with Gasteiger partial charge in [-0.2, -0.15) is 4.37 Å². The Balaban J connectivity index is 1.23. The average Bonchev–Trinajstić information content (AvgIpc) is 3.33. The number of likely N-dealkylation sites (tertiary alicyclic amines) is 1. The van der Waals surface area contributed by atoms with Crippen molar-refractivity contribution in [3.05, 3.63) is 71.5 Å². The molecule has 0 bridgehead atoms. The third kappa shape index (κ3) is 7.51. The van der Waals surface area contributed by atoms with Crippen LogP contribution < -0.4 is 15.0 Å². The van der Waals surface area contributed by atoms with Crippen molar-refractivity contribution in [3.63, 3.8) is 0 Å². The molecule has 1 saturated heterocycles. The molecule has 0 spiro atoms. The molecule has 192 valence electrons. The lowest BCUT2D eigenvalue weighted by atomic mass is 10.0. The van der Waals surface area contributed by atoms with Crippen LogP contribution in [-0.4, -0.2) is 59.0 Å². The van der Waals surface area contributed by atoms with Crippen LogP contribution in [0.3, 0.4) is 0 Å². The van der Waals surface area contributed by atoms with E-state index in [0.717, 1.165) is 54.7 Å². The molecule has 0 aliphatic carbocycles. The van der Waals surface area contributed by atoms with Gasteiger partial charge in [0.25, 0.3) is 0 Å². The zero-order chi connectivity index (χ0) is 25.3. The lowest BCUT2D eigenvalue weighted by Gasteiger charge is -2.32. The third-order valence-electron chi connectivity index (χ3n) is 6.60. The number of hydrogen-bond donors (Lipinski definition) is 1. The molecule has 8 heteroatoms. The molecule has 0 atom stereocenters. The molecule has 2 aromatic carbocycles. The molecule has 0 saturated carbocycles. The van der Waals surface area contributed by atoms with Gasteiger partial charge in [0.2, 0.25) is 11.0 Å². The predicted molar refractivity (Wildman–Crippen MR) is 146 cm³/mol. The Labute approximate surface area is 218 Å². The summed E-state index contributed by atoms with van der Waals surface area (Å²) in [5, 5.41) is 4.13. The summed E-state index contributed by atoms with van der Waals surface area (Å²) in [6.07, 6.45) is 3.10. The molecule has 4 rings (SSSR count). The highest BCUT2D eigenvalue weighted by atomic mass is 32.1. The van der Waals surface area contributed by atoms with Crippen molar-refractivity contribution >= 4 is 22.6 Å². The molecule has 1 N–H and O–H groups in total. The van der Waals surface area contributed by atoms with Crippen LogP contribution >= 0.6 is 11.5 Å². The first-order chi connectivity index (χ1) is 17.5. The topological polar surface area (TPSA) is 70.6 Å². The van der Waals surface area contributed by atoms with Crippen molar-refractivity contribution in [2.45, 2.75) is 58.2 Å². The van der Waals surface area contributed by atoms with Crippen molar-refractivity contribution in [2.75, 3.05) is 31.6 Å². The summed E-state index contributed by atoms with van der Waals surface area (Å²) in [7, 11) is 1.67. The first-order valence-electron chi connectivity index (χ1n) is 12.8. The van der Waals surface area contributed by atoms with Crippen LogP contribution in [0.15, 0.2) is 54.6 Å². The molecule has 0 radical (unpaired) electrons. The smallest absolute Gasteiger partial charge is 0.221 e. The van der Waals surface area contributed by atoms with Crippen molar-refractivity contribution < 1.29 is 9.53 Å². The number of piperidine rings is 1. The number of nitrogens with zero attached hydrogens (tertiary/aromatic N) is 4. The Bertz CT molecular complexity index is 1100. The summed E-state index contributed by atoms with van der Waals surface area (Å²) in [6.45, 7) is 7.89. The van der Waals surface area contributed by atoms with Gasteiger partial charge in [-0.15, -0.1) is 0 Å². The monoisotopic (exact) mass is 507 g/mol. The van der Waals surface area contributed by atoms with Crippen molar-refractivity contribution in [1.82, 2.24) is 19.6 Å². The van der Waals surface area contributed by atoms with Gasteiger partial charge >= 0.3 is 0 Å². The van der Waals surface area contributed by atoms with E-state index in [0.29, 0.717) is 19.4 Å². The van der Waals surface area contributed by atoms with E-state index in [2.05, 4.69) is 69.7 Å². The van der Waals surface area contributed by atoms with Gasteiger partial charge in [0.15, 0.2) is 0 Å². The summed E-state index contributed by atoms with van der Waals surface area (Å²) in [4.78, 5) is 22.2. The molecule has 1 aromatic heterocycles. The van der Waals surface area contributed by atoms with Crippen LogP contribution in [0.25, 0.3) is 0 Å². The van der Waals surface area contributed by atoms with Gasteiger partial charge < -0.3 is 15.0 Å². The maximum atomic E-state index is 12.8. The molecule has 1 fully saturated rings. The highest BCUT2D eigenvalue weighted by Crippen LogP contribution is 2.23. The lowest BCUT2D eigenvalue weighted by molar-refractivity contribution is -0.121. The number of amides is 1. The van der Waals surface area contributed by atoms with Crippen molar-refractivity contribution in [3.8, 4) is 5.75 Å². The fourth-order valence-electron chi connectivity index (χ4n) is 4.57. The summed E-state index contributed by atoms with van der Waals surface area (Å²) in [5.74, 6) is 1.74. The number of anilines is 1. The summed E-state index contributed by atoms with van der Waals surface area (Å²) >= 11 is 1.40. The van der Waals surface area contributed by atoms with E-state index < -0.39 is 0 Å². The van der Waals surface area contributed by atoms with E-state index in [1.165, 1.54) is 17.1 Å². The number of rotatable bonds is 11. The van der Waals surface area contributed by atoms with Gasteiger partial charge in [0.05, 0.1) is 7.11 Å². The largest absolute Gasteiger partial charge is 0.497 e. The fraction of sp³-hybridized carbons (Fsp3) is 0.464. The van der Waals surface area contributed by atoms with Gasteiger partial charge in [-0.25, -0.2) is 4.98 Å². The molecule has 1 aliphatic heterocycles. The molecule has 3 aromatic rings. The Hall–Kier alpha value is -2.97. The average molecular weight is 508 g/mol. The van der Waals surface area contributed by atoms with Crippen LogP contribution in [0.4, 0.5) is 5.13 Å². The standard InChI is InChI=1S/C28H37N5O2S/c1-21(2)33(28-30-26(31-36-28)19-23-10-7-11-25(18-23)35-3)17-14-27(34)29-24-12-15-32(16-13-24)20-22-8-5-4-6-9-22/h4-11,18,21,24H,12-17,19-20H2,1-3H3,(H,29,34). The number of ether oxygens (including phenoxy) is 1. The van der Waals surface area contributed by atoms with Gasteiger partial charge in [0, 0.05) is 62.6 Å². The maximum Gasteiger partial charge on any atom is 0.221 e. The minimum atomic E-state index is 0.114. The van der Waals surface area contributed by atoms with Crippen LogP contribution in [0, 0.1) is 0 Å². The van der Waals surface area contributed by atoms with E-state index in [4.69, 9.17) is 9.72 Å². The number of benzene rings is 2. The van der Waals surface area contributed by atoms with Gasteiger partial charge in [-0.3, -0.25) is 9.69 Å². The molecular formula is C28H37N5O2S. The zero-order valence-electron chi connectivity index (χ0n) is 21.5. The van der Waals surface area contributed by atoms with E-state index in [1.54, 1.807) is 7.11 Å². The first-order valence-corrected chi connectivity index (χ1v) is 13.6. The molecule has 1 amide bonds. The highest BCUT2D eigenvalue weighted by Gasteiger charge is 2.22. The number of methoxy groups -OCH3 is 1. The second-order valence-corrected chi connectivity index (χ2v) is 10.4. The third-order valence-corrected chi connectivity index (χ3v) is 7.40. The number of hydrogen-bond acceptors (Lipinski definition) is 7. The number of nitrogens with one attached hydrogen (secondary N) is 1.